The van der Waals surface area contributed by atoms with Crippen molar-refractivity contribution >= 4 is 36.0 Å². The number of carbonyl (C=O) groups excluding carboxylic acids is 2. The number of benzene rings is 2. The summed E-state index contributed by atoms with van der Waals surface area (Å²) in [4.78, 5) is 29.4. The van der Waals surface area contributed by atoms with E-state index in [9.17, 15) is 9.59 Å². The molecule has 0 saturated carbocycles. The Hall–Kier alpha value is -2.18. The second-order valence-corrected chi connectivity index (χ2v) is 7.27. The van der Waals surface area contributed by atoms with Gasteiger partial charge < -0.3 is 14.5 Å². The molecule has 1 saturated heterocycles. The molecule has 2 amide bonds. The molecule has 1 aliphatic rings. The number of thiol groups is 1. The molecule has 0 radical (unpaired) electrons. The van der Waals surface area contributed by atoms with E-state index < -0.39 is 6.10 Å². The van der Waals surface area contributed by atoms with Crippen LogP contribution in [0.25, 0.3) is 0 Å². The molecule has 0 aromatic heterocycles. The summed E-state index contributed by atoms with van der Waals surface area (Å²) in [6.07, 6.45) is -0.605. The zero-order chi connectivity index (χ0) is 19.4. The number of piperazine rings is 1. The van der Waals surface area contributed by atoms with Crippen LogP contribution in [0.15, 0.2) is 53.4 Å². The third kappa shape index (κ3) is 4.76. The molecular weight excluding hydrogens is 384 g/mol. The van der Waals surface area contributed by atoms with Crippen LogP contribution in [-0.2, 0) is 4.79 Å². The third-order valence-corrected chi connectivity index (χ3v) is 5.13. The Morgan fingerprint density at radius 3 is 2.22 bits per heavy atom. The second kappa shape index (κ2) is 8.67. The van der Waals surface area contributed by atoms with Gasteiger partial charge in [0.2, 0.25) is 0 Å². The molecule has 0 aliphatic carbocycles. The molecule has 0 spiro atoms. The van der Waals surface area contributed by atoms with E-state index in [2.05, 4.69) is 12.6 Å². The quantitative estimate of drug-likeness (QED) is 0.795. The molecule has 1 atom stereocenters. The minimum absolute atomic E-state index is 0.0573. The molecule has 1 unspecified atom stereocenters. The number of carbonyl (C=O) groups is 2. The Morgan fingerprint density at radius 2 is 1.59 bits per heavy atom. The van der Waals surface area contributed by atoms with Gasteiger partial charge in [0.05, 0.1) is 5.56 Å². The Kier molecular flexibility index (Phi) is 6.29. The van der Waals surface area contributed by atoms with Crippen molar-refractivity contribution in [1.82, 2.24) is 9.80 Å². The molecule has 2 aromatic carbocycles. The Balaban J connectivity index is 1.55. The number of hydrogen-bond donors (Lipinski definition) is 1. The van der Waals surface area contributed by atoms with Crippen LogP contribution in [-0.4, -0.2) is 53.9 Å². The van der Waals surface area contributed by atoms with Crippen molar-refractivity contribution in [3.05, 3.63) is 59.1 Å². The number of rotatable bonds is 4. The van der Waals surface area contributed by atoms with E-state index in [1.54, 1.807) is 53.1 Å². The van der Waals surface area contributed by atoms with E-state index in [-0.39, 0.29) is 11.8 Å². The van der Waals surface area contributed by atoms with Crippen LogP contribution >= 0.6 is 24.2 Å². The van der Waals surface area contributed by atoms with E-state index >= 15 is 0 Å². The lowest BCUT2D eigenvalue weighted by Gasteiger charge is -2.36. The van der Waals surface area contributed by atoms with Crippen molar-refractivity contribution in [2.75, 3.05) is 26.2 Å². The number of hydrogen-bond acceptors (Lipinski definition) is 4. The van der Waals surface area contributed by atoms with Gasteiger partial charge in [-0.3, -0.25) is 9.59 Å². The Morgan fingerprint density at radius 1 is 1.00 bits per heavy atom. The third-order valence-electron chi connectivity index (χ3n) is 4.49. The first-order chi connectivity index (χ1) is 13.0. The van der Waals surface area contributed by atoms with Gasteiger partial charge in [-0.1, -0.05) is 23.7 Å². The smallest absolute Gasteiger partial charge is 0.263 e. The van der Waals surface area contributed by atoms with Crippen molar-refractivity contribution in [3.63, 3.8) is 0 Å². The van der Waals surface area contributed by atoms with Crippen LogP contribution in [0.3, 0.4) is 0 Å². The van der Waals surface area contributed by atoms with Crippen molar-refractivity contribution in [3.8, 4) is 5.75 Å². The van der Waals surface area contributed by atoms with Crippen LogP contribution in [0.4, 0.5) is 0 Å². The van der Waals surface area contributed by atoms with Crippen molar-refractivity contribution in [2.24, 2.45) is 0 Å². The van der Waals surface area contributed by atoms with Gasteiger partial charge in [-0.05, 0) is 43.3 Å². The fourth-order valence-corrected chi connectivity index (χ4v) is 3.36. The van der Waals surface area contributed by atoms with Crippen molar-refractivity contribution in [2.45, 2.75) is 17.9 Å². The van der Waals surface area contributed by atoms with Gasteiger partial charge in [0, 0.05) is 36.1 Å². The average molecular weight is 405 g/mol. The predicted octanol–water partition coefficient (Wildman–Crippen LogP) is 3.38. The molecule has 1 heterocycles. The second-order valence-electron chi connectivity index (χ2n) is 6.35. The van der Waals surface area contributed by atoms with E-state index in [0.29, 0.717) is 47.4 Å². The molecule has 0 N–H and O–H groups in total. The number of halogens is 1. The molecule has 0 bridgehead atoms. The van der Waals surface area contributed by atoms with Gasteiger partial charge in [-0.15, -0.1) is 12.6 Å². The summed E-state index contributed by atoms with van der Waals surface area (Å²) in [7, 11) is 0. The fourth-order valence-electron chi connectivity index (χ4n) is 2.98. The minimum atomic E-state index is -0.605. The first kappa shape index (κ1) is 19.6. The van der Waals surface area contributed by atoms with E-state index in [1.807, 2.05) is 12.1 Å². The SMILES string of the molecule is CC(Oc1ccc(Cl)cc1)C(=O)N1CCN(C(=O)c2ccccc2S)CC1. The molecule has 3 rings (SSSR count). The molecule has 2 aromatic rings. The van der Waals surface area contributed by atoms with Crippen LogP contribution in [0.2, 0.25) is 5.02 Å². The standard InChI is InChI=1S/C20H21ClN2O3S/c1-14(26-16-8-6-15(21)7-9-16)19(24)22-10-12-23(13-11-22)20(25)17-4-2-3-5-18(17)27/h2-9,14,27H,10-13H2,1H3. The molecule has 142 valence electrons. The number of ether oxygens (including phenoxy) is 1. The van der Waals surface area contributed by atoms with Crippen molar-refractivity contribution in [1.29, 1.82) is 0 Å². The molecule has 1 aliphatic heterocycles. The summed E-state index contributed by atoms with van der Waals surface area (Å²) in [5.74, 6) is 0.448. The molecule has 5 nitrogen and oxygen atoms in total. The monoisotopic (exact) mass is 404 g/mol. The van der Waals surface area contributed by atoms with Gasteiger partial charge >= 0.3 is 0 Å². The average Bonchev–Trinajstić information content (AvgIpc) is 2.69. The summed E-state index contributed by atoms with van der Waals surface area (Å²) >= 11 is 10.2. The van der Waals surface area contributed by atoms with Gasteiger partial charge in [-0.25, -0.2) is 0 Å². The predicted molar refractivity (Wildman–Crippen MR) is 108 cm³/mol. The Bertz CT molecular complexity index is 820. The highest BCUT2D eigenvalue weighted by Crippen LogP contribution is 2.19. The fraction of sp³-hybridized carbons (Fsp3) is 0.300. The van der Waals surface area contributed by atoms with Crippen LogP contribution in [0.1, 0.15) is 17.3 Å². The molecule has 7 heteroatoms. The van der Waals surface area contributed by atoms with E-state index in [1.165, 1.54) is 0 Å². The maximum absolute atomic E-state index is 12.6. The Labute approximate surface area is 169 Å². The maximum atomic E-state index is 12.6. The maximum Gasteiger partial charge on any atom is 0.263 e. The van der Waals surface area contributed by atoms with Gasteiger partial charge in [0.1, 0.15) is 5.75 Å². The summed E-state index contributed by atoms with van der Waals surface area (Å²) in [6.45, 7) is 3.66. The summed E-state index contributed by atoms with van der Waals surface area (Å²) in [6, 6.07) is 14.1. The first-order valence-corrected chi connectivity index (χ1v) is 9.56. The van der Waals surface area contributed by atoms with Crippen LogP contribution < -0.4 is 4.74 Å². The van der Waals surface area contributed by atoms with E-state index in [0.717, 1.165) is 0 Å². The lowest BCUT2D eigenvalue weighted by molar-refractivity contribution is -0.139. The van der Waals surface area contributed by atoms with Gasteiger partial charge in [-0.2, -0.15) is 0 Å². The normalized spacial score (nSPS) is 15.4. The molecule has 1 fully saturated rings. The molecule has 27 heavy (non-hydrogen) atoms. The summed E-state index contributed by atoms with van der Waals surface area (Å²) in [5, 5.41) is 0.616. The highest BCUT2D eigenvalue weighted by atomic mass is 35.5. The van der Waals surface area contributed by atoms with Crippen molar-refractivity contribution < 1.29 is 14.3 Å². The lowest BCUT2D eigenvalue weighted by Crippen LogP contribution is -2.53. The minimum Gasteiger partial charge on any atom is -0.481 e. The summed E-state index contributed by atoms with van der Waals surface area (Å²) < 4.78 is 5.70. The number of nitrogens with zero attached hydrogens (tertiary/aromatic N) is 2. The van der Waals surface area contributed by atoms with Gasteiger partial charge in [0.15, 0.2) is 6.10 Å². The molecular formula is C20H21ClN2O3S. The zero-order valence-electron chi connectivity index (χ0n) is 15.0. The number of amides is 2. The zero-order valence-corrected chi connectivity index (χ0v) is 16.6. The van der Waals surface area contributed by atoms with Crippen LogP contribution in [0, 0.1) is 0 Å². The first-order valence-electron chi connectivity index (χ1n) is 8.74. The van der Waals surface area contributed by atoms with Crippen LogP contribution in [0.5, 0.6) is 5.75 Å². The largest absolute Gasteiger partial charge is 0.481 e. The summed E-state index contributed by atoms with van der Waals surface area (Å²) in [5.41, 5.74) is 0.583. The highest BCUT2D eigenvalue weighted by molar-refractivity contribution is 7.80. The highest BCUT2D eigenvalue weighted by Gasteiger charge is 2.28. The van der Waals surface area contributed by atoms with E-state index in [4.69, 9.17) is 16.3 Å². The lowest BCUT2D eigenvalue weighted by atomic mass is 10.1. The van der Waals surface area contributed by atoms with Gasteiger partial charge in [0.25, 0.3) is 11.8 Å². The topological polar surface area (TPSA) is 49.9 Å².